The van der Waals surface area contributed by atoms with Gasteiger partial charge in [-0.25, -0.2) is 0 Å². The number of piperazine rings is 1. The molecular weight excluding hydrogens is 318 g/mol. The smallest absolute Gasteiger partial charge is 0.254 e. The number of benzene rings is 1. The highest BCUT2D eigenvalue weighted by Gasteiger charge is 2.42. The molecule has 1 aromatic rings. The van der Waals surface area contributed by atoms with Crippen LogP contribution in [0, 0.1) is 6.92 Å². The van der Waals surface area contributed by atoms with E-state index < -0.39 is 0 Å². The Balaban J connectivity index is 1.83. The summed E-state index contributed by atoms with van der Waals surface area (Å²) in [5.41, 5.74) is 1.45. The quantitative estimate of drug-likeness (QED) is 0.881. The van der Waals surface area contributed by atoms with Crippen molar-refractivity contribution in [1.29, 1.82) is 0 Å². The topological polar surface area (TPSA) is 61.9 Å². The van der Waals surface area contributed by atoms with E-state index in [0.29, 0.717) is 31.6 Å². The van der Waals surface area contributed by atoms with Crippen LogP contribution in [0.5, 0.6) is 5.75 Å². The molecule has 1 N–H and O–H groups in total. The molecule has 25 heavy (non-hydrogen) atoms. The fourth-order valence-corrected chi connectivity index (χ4v) is 4.01. The molecule has 2 aliphatic rings. The molecule has 2 amide bonds. The van der Waals surface area contributed by atoms with Gasteiger partial charge < -0.3 is 15.0 Å². The van der Waals surface area contributed by atoms with Gasteiger partial charge in [-0.05, 0) is 38.9 Å². The molecule has 0 saturated carbocycles. The molecular formula is C19H27N3O3. The lowest BCUT2D eigenvalue weighted by Crippen LogP contribution is -2.62. The minimum Gasteiger partial charge on any atom is -0.496 e. The SMILES string of the molecule is COc1cccc(C(=O)N2CCN(C)[C@@]3(CCNC(=O)CC3)C2)c1C. The number of nitrogens with zero attached hydrogens (tertiary/aromatic N) is 2. The van der Waals surface area contributed by atoms with E-state index in [2.05, 4.69) is 17.3 Å². The van der Waals surface area contributed by atoms with Crippen LogP contribution in [0.2, 0.25) is 0 Å². The standard InChI is InChI=1S/C19H27N3O3/c1-14-15(5-4-6-16(14)25-3)18(24)22-12-11-21(2)19(13-22)8-7-17(23)20-10-9-19/h4-6H,7-13H2,1-3H3,(H,20,23)/t19-/m0/s1. The molecule has 0 radical (unpaired) electrons. The fourth-order valence-electron chi connectivity index (χ4n) is 4.01. The third kappa shape index (κ3) is 3.35. The number of hydrogen-bond acceptors (Lipinski definition) is 4. The second-order valence-corrected chi connectivity index (χ2v) is 7.11. The monoisotopic (exact) mass is 345 g/mol. The van der Waals surface area contributed by atoms with Crippen LogP contribution in [0.25, 0.3) is 0 Å². The second-order valence-electron chi connectivity index (χ2n) is 7.11. The largest absolute Gasteiger partial charge is 0.496 e. The Morgan fingerprint density at radius 2 is 2.08 bits per heavy atom. The predicted molar refractivity (Wildman–Crippen MR) is 95.9 cm³/mol. The Hall–Kier alpha value is -2.08. The summed E-state index contributed by atoms with van der Waals surface area (Å²) in [4.78, 5) is 29.2. The number of rotatable bonds is 2. The van der Waals surface area contributed by atoms with Crippen molar-refractivity contribution in [2.75, 3.05) is 40.3 Å². The number of nitrogens with one attached hydrogen (secondary N) is 1. The Morgan fingerprint density at radius 1 is 1.28 bits per heavy atom. The van der Waals surface area contributed by atoms with Gasteiger partial charge in [-0.15, -0.1) is 0 Å². The molecule has 0 bridgehead atoms. The van der Waals surface area contributed by atoms with Crippen LogP contribution in [-0.4, -0.2) is 67.5 Å². The summed E-state index contributed by atoms with van der Waals surface area (Å²) in [5, 5.41) is 2.95. The van der Waals surface area contributed by atoms with Gasteiger partial charge in [-0.3, -0.25) is 14.5 Å². The Labute approximate surface area is 149 Å². The summed E-state index contributed by atoms with van der Waals surface area (Å²) in [6, 6.07) is 5.60. The first-order valence-corrected chi connectivity index (χ1v) is 8.88. The van der Waals surface area contributed by atoms with Gasteiger partial charge in [0.15, 0.2) is 0 Å². The van der Waals surface area contributed by atoms with E-state index in [1.54, 1.807) is 7.11 Å². The first-order valence-electron chi connectivity index (χ1n) is 8.88. The average molecular weight is 345 g/mol. The Kier molecular flexibility index (Phi) is 4.99. The van der Waals surface area contributed by atoms with Crippen molar-refractivity contribution in [3.63, 3.8) is 0 Å². The molecule has 2 aliphatic heterocycles. The molecule has 0 aromatic heterocycles. The predicted octanol–water partition coefficient (Wildman–Crippen LogP) is 1.43. The number of methoxy groups -OCH3 is 1. The van der Waals surface area contributed by atoms with Crippen LogP contribution < -0.4 is 10.1 Å². The van der Waals surface area contributed by atoms with E-state index in [0.717, 1.165) is 30.7 Å². The number of likely N-dealkylation sites (N-methyl/N-ethyl adjacent to an activating group) is 1. The van der Waals surface area contributed by atoms with Crippen LogP contribution in [0.3, 0.4) is 0 Å². The van der Waals surface area contributed by atoms with E-state index in [1.807, 2.05) is 30.0 Å². The highest BCUT2D eigenvalue weighted by Crippen LogP contribution is 2.32. The van der Waals surface area contributed by atoms with Crippen LogP contribution in [-0.2, 0) is 4.79 Å². The summed E-state index contributed by atoms with van der Waals surface area (Å²) in [5.74, 6) is 0.892. The van der Waals surface area contributed by atoms with Crippen molar-refractivity contribution in [1.82, 2.24) is 15.1 Å². The molecule has 2 heterocycles. The molecule has 136 valence electrons. The fraction of sp³-hybridized carbons (Fsp3) is 0.579. The van der Waals surface area contributed by atoms with Crippen LogP contribution >= 0.6 is 0 Å². The van der Waals surface area contributed by atoms with Gasteiger partial charge in [0.2, 0.25) is 5.91 Å². The van der Waals surface area contributed by atoms with Gasteiger partial charge >= 0.3 is 0 Å². The molecule has 1 atom stereocenters. The maximum atomic E-state index is 13.1. The Morgan fingerprint density at radius 3 is 2.84 bits per heavy atom. The van der Waals surface area contributed by atoms with Crippen LogP contribution in [0.15, 0.2) is 18.2 Å². The van der Waals surface area contributed by atoms with E-state index in [4.69, 9.17) is 4.74 Å². The zero-order valence-corrected chi connectivity index (χ0v) is 15.3. The summed E-state index contributed by atoms with van der Waals surface area (Å²) in [6.07, 6.45) is 2.18. The van der Waals surface area contributed by atoms with Gasteiger partial charge in [-0.2, -0.15) is 0 Å². The highest BCUT2D eigenvalue weighted by atomic mass is 16.5. The maximum absolute atomic E-state index is 13.1. The van der Waals surface area contributed by atoms with E-state index in [9.17, 15) is 9.59 Å². The first kappa shape index (κ1) is 17.7. The zero-order chi connectivity index (χ0) is 18.0. The van der Waals surface area contributed by atoms with Crippen molar-refractivity contribution in [3.05, 3.63) is 29.3 Å². The molecule has 6 nitrogen and oxygen atoms in total. The van der Waals surface area contributed by atoms with Gasteiger partial charge in [0.25, 0.3) is 5.91 Å². The lowest BCUT2D eigenvalue weighted by molar-refractivity contribution is -0.121. The molecule has 1 aromatic carbocycles. The minimum atomic E-state index is -0.125. The van der Waals surface area contributed by atoms with Gasteiger partial charge in [0.1, 0.15) is 5.75 Å². The summed E-state index contributed by atoms with van der Waals surface area (Å²) < 4.78 is 5.35. The molecule has 0 unspecified atom stereocenters. The molecule has 2 saturated heterocycles. The number of carbonyl (C=O) groups excluding carboxylic acids is 2. The normalized spacial score (nSPS) is 24.8. The summed E-state index contributed by atoms with van der Waals surface area (Å²) in [7, 11) is 3.73. The number of ether oxygens (including phenoxy) is 1. The third-order valence-electron chi connectivity index (χ3n) is 5.75. The van der Waals surface area contributed by atoms with Crippen molar-refractivity contribution in [3.8, 4) is 5.75 Å². The van der Waals surface area contributed by atoms with E-state index in [1.165, 1.54) is 0 Å². The Bertz CT molecular complexity index is 676. The average Bonchev–Trinajstić information content (AvgIpc) is 2.79. The van der Waals surface area contributed by atoms with Crippen LogP contribution in [0.4, 0.5) is 0 Å². The molecule has 6 heteroatoms. The third-order valence-corrected chi connectivity index (χ3v) is 5.75. The van der Waals surface area contributed by atoms with Crippen molar-refractivity contribution < 1.29 is 14.3 Å². The molecule has 3 rings (SSSR count). The van der Waals surface area contributed by atoms with E-state index in [-0.39, 0.29) is 17.4 Å². The van der Waals surface area contributed by atoms with Crippen LogP contribution in [0.1, 0.15) is 35.2 Å². The van der Waals surface area contributed by atoms with Gasteiger partial charge in [0, 0.05) is 49.3 Å². The van der Waals surface area contributed by atoms with Gasteiger partial charge in [-0.1, -0.05) is 6.07 Å². The minimum absolute atomic E-state index is 0.0485. The zero-order valence-electron chi connectivity index (χ0n) is 15.3. The second kappa shape index (κ2) is 7.04. The number of carbonyl (C=O) groups is 2. The first-order chi connectivity index (χ1) is 12.0. The molecule has 1 spiro atoms. The van der Waals surface area contributed by atoms with E-state index >= 15 is 0 Å². The maximum Gasteiger partial charge on any atom is 0.254 e. The summed E-state index contributed by atoms with van der Waals surface area (Å²) in [6.45, 7) is 4.78. The highest BCUT2D eigenvalue weighted by molar-refractivity contribution is 5.96. The van der Waals surface area contributed by atoms with Crippen molar-refractivity contribution in [2.45, 2.75) is 31.7 Å². The van der Waals surface area contributed by atoms with Gasteiger partial charge in [0.05, 0.1) is 7.11 Å². The molecule has 0 aliphatic carbocycles. The molecule has 2 fully saturated rings. The lowest BCUT2D eigenvalue weighted by atomic mass is 9.86. The summed E-state index contributed by atoms with van der Waals surface area (Å²) >= 11 is 0. The van der Waals surface area contributed by atoms with Crippen molar-refractivity contribution >= 4 is 11.8 Å². The number of hydrogen-bond donors (Lipinski definition) is 1. The van der Waals surface area contributed by atoms with Crippen molar-refractivity contribution in [2.24, 2.45) is 0 Å². The number of amides is 2. The lowest BCUT2D eigenvalue weighted by Gasteiger charge is -2.49.